The number of nitrogens with one attached hydrogen (secondary N) is 1. The van der Waals surface area contributed by atoms with Crippen LogP contribution < -0.4 is 10.1 Å². The summed E-state index contributed by atoms with van der Waals surface area (Å²) in [5.74, 6) is 0.362. The van der Waals surface area contributed by atoms with Crippen LogP contribution in [0, 0.1) is 6.92 Å². The molecule has 0 unspecified atom stereocenters. The zero-order valence-corrected chi connectivity index (χ0v) is 16.0. The van der Waals surface area contributed by atoms with Gasteiger partial charge in [-0.2, -0.15) is 13.2 Å². The Morgan fingerprint density at radius 3 is 2.59 bits per heavy atom. The van der Waals surface area contributed by atoms with Crippen molar-refractivity contribution in [3.8, 4) is 5.75 Å². The van der Waals surface area contributed by atoms with Gasteiger partial charge in [0.15, 0.2) is 0 Å². The van der Waals surface area contributed by atoms with E-state index in [1.807, 2.05) is 12.3 Å². The molecule has 0 saturated heterocycles. The third-order valence-electron chi connectivity index (χ3n) is 3.62. The quantitative estimate of drug-likeness (QED) is 0.652. The van der Waals surface area contributed by atoms with Crippen molar-refractivity contribution >= 4 is 17.2 Å². The Balaban J connectivity index is 1.70. The van der Waals surface area contributed by atoms with Crippen LogP contribution >= 0.6 is 11.3 Å². The normalized spacial score (nSPS) is 11.6. The van der Waals surface area contributed by atoms with Gasteiger partial charge in [0.2, 0.25) is 0 Å². The van der Waals surface area contributed by atoms with Crippen molar-refractivity contribution in [3.05, 3.63) is 45.9 Å². The molecule has 0 bridgehead atoms. The minimum atomic E-state index is -4.21. The summed E-state index contributed by atoms with van der Waals surface area (Å²) in [6.07, 6.45) is -3.77. The van der Waals surface area contributed by atoms with E-state index < -0.39 is 12.7 Å². The minimum Gasteiger partial charge on any atom is -0.487 e. The highest BCUT2D eigenvalue weighted by Crippen LogP contribution is 2.16. The Kier molecular flexibility index (Phi) is 7.61. The number of aryl methyl sites for hydroxylation is 1. The van der Waals surface area contributed by atoms with E-state index in [1.165, 1.54) is 11.9 Å². The molecule has 27 heavy (non-hydrogen) atoms. The first-order chi connectivity index (χ1) is 12.7. The van der Waals surface area contributed by atoms with Gasteiger partial charge in [-0.3, -0.25) is 9.69 Å². The first-order valence-corrected chi connectivity index (χ1v) is 9.28. The average Bonchev–Trinajstić information content (AvgIpc) is 3.01. The van der Waals surface area contributed by atoms with Crippen LogP contribution in [0.15, 0.2) is 29.6 Å². The fraction of sp³-hybridized carbons (Fsp3) is 0.444. The van der Waals surface area contributed by atoms with Crippen LogP contribution in [-0.2, 0) is 6.61 Å². The number of nitrogens with zero attached hydrogens (tertiary/aromatic N) is 2. The van der Waals surface area contributed by atoms with E-state index in [2.05, 4.69) is 10.3 Å². The number of carbonyl (C=O) groups excluding carboxylic acids is 1. The molecule has 0 aliphatic rings. The van der Waals surface area contributed by atoms with Gasteiger partial charge in [0.25, 0.3) is 5.91 Å². The molecule has 2 aromatic rings. The molecule has 148 valence electrons. The van der Waals surface area contributed by atoms with E-state index in [4.69, 9.17) is 4.74 Å². The summed E-state index contributed by atoms with van der Waals surface area (Å²) >= 11 is 1.56. The second-order valence-corrected chi connectivity index (χ2v) is 7.20. The molecule has 0 fully saturated rings. The zero-order chi connectivity index (χ0) is 19.9. The predicted octanol–water partition coefficient (Wildman–Crippen LogP) is 3.64. The summed E-state index contributed by atoms with van der Waals surface area (Å²) < 4.78 is 42.3. The Morgan fingerprint density at radius 2 is 2.00 bits per heavy atom. The van der Waals surface area contributed by atoms with Gasteiger partial charge in [0.1, 0.15) is 12.4 Å². The number of amides is 1. The van der Waals surface area contributed by atoms with Crippen LogP contribution in [0.5, 0.6) is 5.75 Å². The Bertz CT molecular complexity index is 732. The molecular weight excluding hydrogens is 379 g/mol. The molecule has 1 aromatic carbocycles. The van der Waals surface area contributed by atoms with Crippen LogP contribution in [-0.4, -0.2) is 48.6 Å². The van der Waals surface area contributed by atoms with Crippen molar-refractivity contribution < 1.29 is 22.7 Å². The Labute approximate surface area is 160 Å². The summed E-state index contributed by atoms with van der Waals surface area (Å²) in [4.78, 5) is 17.5. The number of rotatable bonds is 9. The molecule has 0 saturated carbocycles. The number of thiazole rings is 1. The van der Waals surface area contributed by atoms with E-state index in [0.717, 1.165) is 10.7 Å². The second kappa shape index (κ2) is 9.70. The number of hydrogen-bond donors (Lipinski definition) is 1. The Hall–Kier alpha value is -2.13. The molecule has 1 aromatic heterocycles. The highest BCUT2D eigenvalue weighted by atomic mass is 32.1. The summed E-state index contributed by atoms with van der Waals surface area (Å²) in [5.41, 5.74) is 1.32. The SMILES string of the molecule is Cc1nc(COc2ccc(C(=O)NCCCN(C)CC(F)(F)F)cc2)cs1. The maximum atomic E-state index is 12.2. The summed E-state index contributed by atoms with van der Waals surface area (Å²) in [6.45, 7) is 1.89. The lowest BCUT2D eigenvalue weighted by molar-refractivity contribution is -0.143. The molecular formula is C18H22F3N3O2S. The Morgan fingerprint density at radius 1 is 1.30 bits per heavy atom. The first kappa shape index (κ1) is 21.2. The smallest absolute Gasteiger partial charge is 0.401 e. The van der Waals surface area contributed by atoms with Crippen LogP contribution in [0.4, 0.5) is 13.2 Å². The van der Waals surface area contributed by atoms with Crippen molar-refractivity contribution in [2.45, 2.75) is 26.1 Å². The van der Waals surface area contributed by atoms with Gasteiger partial charge in [0, 0.05) is 17.5 Å². The van der Waals surface area contributed by atoms with Crippen LogP contribution in [0.25, 0.3) is 0 Å². The fourth-order valence-electron chi connectivity index (χ4n) is 2.37. The lowest BCUT2D eigenvalue weighted by atomic mass is 10.2. The molecule has 1 amide bonds. The largest absolute Gasteiger partial charge is 0.487 e. The topological polar surface area (TPSA) is 54.5 Å². The lowest BCUT2D eigenvalue weighted by Gasteiger charge is -2.18. The predicted molar refractivity (Wildman–Crippen MR) is 98.1 cm³/mol. The molecule has 1 N–H and O–H groups in total. The van der Waals surface area contributed by atoms with E-state index >= 15 is 0 Å². The van der Waals surface area contributed by atoms with Gasteiger partial charge < -0.3 is 10.1 Å². The average molecular weight is 401 g/mol. The van der Waals surface area contributed by atoms with Gasteiger partial charge >= 0.3 is 6.18 Å². The zero-order valence-electron chi connectivity index (χ0n) is 15.2. The van der Waals surface area contributed by atoms with E-state index in [1.54, 1.807) is 35.6 Å². The third kappa shape index (κ3) is 7.96. The fourth-order valence-corrected chi connectivity index (χ4v) is 2.97. The molecule has 9 heteroatoms. The van der Waals surface area contributed by atoms with Crippen LogP contribution in [0.2, 0.25) is 0 Å². The molecule has 5 nitrogen and oxygen atoms in total. The molecule has 0 aliphatic carbocycles. The third-order valence-corrected chi connectivity index (χ3v) is 4.44. The number of aromatic nitrogens is 1. The molecule has 1 heterocycles. The minimum absolute atomic E-state index is 0.253. The van der Waals surface area contributed by atoms with Crippen molar-refractivity contribution in [2.24, 2.45) is 0 Å². The van der Waals surface area contributed by atoms with Gasteiger partial charge in [0.05, 0.1) is 17.2 Å². The maximum Gasteiger partial charge on any atom is 0.401 e. The van der Waals surface area contributed by atoms with Crippen LogP contribution in [0.1, 0.15) is 27.5 Å². The van der Waals surface area contributed by atoms with E-state index in [0.29, 0.717) is 30.9 Å². The van der Waals surface area contributed by atoms with Crippen molar-refractivity contribution in [1.82, 2.24) is 15.2 Å². The lowest BCUT2D eigenvalue weighted by Crippen LogP contribution is -2.33. The number of carbonyl (C=O) groups is 1. The molecule has 0 aliphatic heterocycles. The number of ether oxygens (including phenoxy) is 1. The van der Waals surface area contributed by atoms with Crippen LogP contribution in [0.3, 0.4) is 0 Å². The van der Waals surface area contributed by atoms with Gasteiger partial charge in [-0.05, 0) is 51.2 Å². The van der Waals surface area contributed by atoms with Gasteiger partial charge in [-0.1, -0.05) is 0 Å². The van der Waals surface area contributed by atoms with Crippen molar-refractivity contribution in [2.75, 3.05) is 26.7 Å². The summed E-state index contributed by atoms with van der Waals surface area (Å²) in [6, 6.07) is 6.69. The van der Waals surface area contributed by atoms with E-state index in [-0.39, 0.29) is 12.5 Å². The number of hydrogen-bond acceptors (Lipinski definition) is 5. The number of benzene rings is 1. The van der Waals surface area contributed by atoms with Gasteiger partial charge in [-0.25, -0.2) is 4.98 Å². The first-order valence-electron chi connectivity index (χ1n) is 8.40. The maximum absolute atomic E-state index is 12.2. The highest BCUT2D eigenvalue weighted by molar-refractivity contribution is 7.09. The highest BCUT2D eigenvalue weighted by Gasteiger charge is 2.28. The molecule has 0 spiro atoms. The summed E-state index contributed by atoms with van der Waals surface area (Å²) in [5, 5.41) is 5.61. The van der Waals surface area contributed by atoms with Crippen molar-refractivity contribution in [3.63, 3.8) is 0 Å². The number of alkyl halides is 3. The van der Waals surface area contributed by atoms with Crippen molar-refractivity contribution in [1.29, 1.82) is 0 Å². The monoisotopic (exact) mass is 401 g/mol. The summed E-state index contributed by atoms with van der Waals surface area (Å²) in [7, 11) is 1.40. The molecule has 2 rings (SSSR count). The number of halogens is 3. The molecule has 0 atom stereocenters. The second-order valence-electron chi connectivity index (χ2n) is 6.13. The molecule has 0 radical (unpaired) electrons. The van der Waals surface area contributed by atoms with E-state index in [9.17, 15) is 18.0 Å². The standard InChI is InChI=1S/C18H22F3N3O2S/c1-13-23-15(11-27-13)10-26-16-6-4-14(5-7-16)17(25)22-8-3-9-24(2)12-18(19,20)21/h4-7,11H,3,8-10,12H2,1-2H3,(H,22,25). The van der Waals surface area contributed by atoms with Gasteiger partial charge in [-0.15, -0.1) is 11.3 Å².